The van der Waals surface area contributed by atoms with Gasteiger partial charge in [-0.05, 0) is 35.7 Å². The first-order valence-corrected chi connectivity index (χ1v) is 17.5. The van der Waals surface area contributed by atoms with E-state index in [0.29, 0.717) is 5.95 Å². The molecule has 0 saturated carbocycles. The molecule has 5 aromatic heterocycles. The Hall–Kier alpha value is -6.50. The first kappa shape index (κ1) is 27.5. The Labute approximate surface area is 289 Å². The third-order valence-electron chi connectivity index (χ3n) is 9.89. The Balaban J connectivity index is 1.20. The molecule has 0 fully saturated rings. The summed E-state index contributed by atoms with van der Waals surface area (Å²) in [6, 6.07) is 49.0. The van der Waals surface area contributed by atoms with E-state index in [1.165, 1.54) is 30.9 Å². The van der Waals surface area contributed by atoms with Crippen LogP contribution in [0.4, 0.5) is 0 Å². The quantitative estimate of drug-likeness (QED) is 0.178. The van der Waals surface area contributed by atoms with Crippen molar-refractivity contribution in [2.24, 2.45) is 0 Å². The molecule has 50 heavy (non-hydrogen) atoms. The fourth-order valence-corrected chi connectivity index (χ4v) is 8.91. The first-order valence-electron chi connectivity index (χ1n) is 16.6. The highest BCUT2D eigenvalue weighted by atomic mass is 32.1. The van der Waals surface area contributed by atoms with E-state index in [4.69, 9.17) is 15.0 Å². The zero-order chi connectivity index (χ0) is 32.8. The molecule has 0 bridgehead atoms. The summed E-state index contributed by atoms with van der Waals surface area (Å²) in [5, 5.41) is 9.28. The second kappa shape index (κ2) is 10.5. The zero-order valence-electron chi connectivity index (χ0n) is 26.6. The summed E-state index contributed by atoms with van der Waals surface area (Å²) in [6.07, 6.45) is 3.78. The van der Waals surface area contributed by atoms with Crippen LogP contribution in [0, 0.1) is 0 Å². The van der Waals surface area contributed by atoms with Gasteiger partial charge in [0.15, 0.2) is 0 Å². The van der Waals surface area contributed by atoms with Gasteiger partial charge in [-0.1, -0.05) is 109 Å². The largest absolute Gasteiger partial charge is 0.278 e. The number of pyridine rings is 2. The molecule has 6 heteroatoms. The van der Waals surface area contributed by atoms with Gasteiger partial charge >= 0.3 is 0 Å². The summed E-state index contributed by atoms with van der Waals surface area (Å²) in [5.74, 6) is 0.620. The number of benzene rings is 6. The lowest BCUT2D eigenvalue weighted by atomic mass is 9.98. The van der Waals surface area contributed by atoms with Crippen LogP contribution in [0.15, 0.2) is 152 Å². The average Bonchev–Trinajstić information content (AvgIpc) is 3.73. The fourth-order valence-electron chi connectivity index (χ4n) is 7.65. The van der Waals surface area contributed by atoms with Crippen LogP contribution in [0.5, 0.6) is 0 Å². The van der Waals surface area contributed by atoms with E-state index in [9.17, 15) is 0 Å². The molecule has 232 valence electrons. The molecule has 5 heterocycles. The Morgan fingerprint density at radius 1 is 0.460 bits per heavy atom. The van der Waals surface area contributed by atoms with Gasteiger partial charge in [-0.3, -0.25) is 9.55 Å². The van der Waals surface area contributed by atoms with Crippen molar-refractivity contribution in [1.29, 1.82) is 0 Å². The molecule has 0 atom stereocenters. The average molecular weight is 656 g/mol. The van der Waals surface area contributed by atoms with Crippen LogP contribution < -0.4 is 0 Å². The first-order chi connectivity index (χ1) is 24.8. The molecule has 11 aromatic rings. The maximum atomic E-state index is 5.41. The van der Waals surface area contributed by atoms with Gasteiger partial charge in [0.1, 0.15) is 0 Å². The molecule has 5 nitrogen and oxygen atoms in total. The minimum absolute atomic E-state index is 0.620. The van der Waals surface area contributed by atoms with E-state index in [1.807, 2.05) is 41.9 Å². The van der Waals surface area contributed by atoms with Gasteiger partial charge in [0.05, 0.1) is 33.5 Å². The molecule has 0 unspecified atom stereocenters. The smallest absolute Gasteiger partial charge is 0.235 e. The number of thiophene rings is 1. The van der Waals surface area contributed by atoms with Gasteiger partial charge in [-0.15, -0.1) is 11.3 Å². The third-order valence-corrected chi connectivity index (χ3v) is 11.1. The van der Waals surface area contributed by atoms with Crippen molar-refractivity contribution in [1.82, 2.24) is 24.5 Å². The van der Waals surface area contributed by atoms with Crippen LogP contribution in [-0.4, -0.2) is 24.5 Å². The number of fused-ring (bicyclic) bond motifs is 11. The zero-order valence-corrected chi connectivity index (χ0v) is 27.4. The Kier molecular flexibility index (Phi) is 5.76. The van der Waals surface area contributed by atoms with Crippen LogP contribution in [0.25, 0.3) is 103 Å². The van der Waals surface area contributed by atoms with Crippen molar-refractivity contribution in [3.8, 4) is 28.5 Å². The lowest BCUT2D eigenvalue weighted by Crippen LogP contribution is -2.03. The summed E-state index contributed by atoms with van der Waals surface area (Å²) in [6.45, 7) is 0. The molecule has 0 saturated heterocycles. The molecule has 0 radical (unpaired) electrons. The maximum absolute atomic E-state index is 5.41. The summed E-state index contributed by atoms with van der Waals surface area (Å²) in [7, 11) is 0. The lowest BCUT2D eigenvalue weighted by Gasteiger charge is -2.13. The number of nitrogens with zero attached hydrogens (tertiary/aromatic N) is 5. The van der Waals surface area contributed by atoms with E-state index in [2.05, 4.69) is 131 Å². The maximum Gasteiger partial charge on any atom is 0.235 e. The summed E-state index contributed by atoms with van der Waals surface area (Å²) in [4.78, 5) is 20.4. The van der Waals surface area contributed by atoms with Gasteiger partial charge in [-0.25, -0.2) is 15.0 Å². The standard InChI is InChI=1S/C44H25N5S/c1-2-10-26(11-3-1)41-33-15-6-8-16-35(33)47-44(48-41)49-37-22-23-45-25-34(37)28-19-18-27(24-38(28)49)42-31-14-5-4-13-30(31)40-36(46-42)21-20-32-29-12-7-9-17-39(29)50-43(32)40/h1-25H. The third kappa shape index (κ3) is 3.94. The van der Waals surface area contributed by atoms with E-state index < -0.39 is 0 Å². The predicted molar refractivity (Wildman–Crippen MR) is 208 cm³/mol. The number of hydrogen-bond donors (Lipinski definition) is 0. The van der Waals surface area contributed by atoms with Crippen molar-refractivity contribution in [2.75, 3.05) is 0 Å². The SMILES string of the molecule is c1ccc(-c2nc(-n3c4ccncc4c4ccc(-c5nc6ccc7c8ccccc8sc7c6c6ccccc56)cc43)nc3ccccc23)cc1. The van der Waals surface area contributed by atoms with E-state index in [-0.39, 0.29) is 0 Å². The van der Waals surface area contributed by atoms with Crippen molar-refractivity contribution in [3.63, 3.8) is 0 Å². The molecule has 11 rings (SSSR count). The molecular formula is C44H25N5S. The van der Waals surface area contributed by atoms with E-state index in [0.717, 1.165) is 66.1 Å². The highest BCUT2D eigenvalue weighted by Gasteiger charge is 2.20. The lowest BCUT2D eigenvalue weighted by molar-refractivity contribution is 1.01. The van der Waals surface area contributed by atoms with Crippen molar-refractivity contribution >= 4 is 85.9 Å². The Morgan fingerprint density at radius 3 is 2.10 bits per heavy atom. The topological polar surface area (TPSA) is 56.5 Å². The normalized spacial score (nSPS) is 12.0. The molecule has 0 spiro atoms. The minimum atomic E-state index is 0.620. The Morgan fingerprint density at radius 2 is 1.20 bits per heavy atom. The predicted octanol–water partition coefficient (Wildman–Crippen LogP) is 11.5. The van der Waals surface area contributed by atoms with Gasteiger partial charge in [0, 0.05) is 70.6 Å². The van der Waals surface area contributed by atoms with Crippen LogP contribution in [-0.2, 0) is 0 Å². The van der Waals surface area contributed by atoms with Crippen LogP contribution in [0.3, 0.4) is 0 Å². The fraction of sp³-hybridized carbons (Fsp3) is 0. The van der Waals surface area contributed by atoms with Crippen molar-refractivity contribution in [2.45, 2.75) is 0 Å². The van der Waals surface area contributed by atoms with Gasteiger partial charge in [-0.2, -0.15) is 0 Å². The van der Waals surface area contributed by atoms with Crippen LogP contribution >= 0.6 is 11.3 Å². The number of para-hydroxylation sites is 1. The Bertz CT molecular complexity index is 3160. The van der Waals surface area contributed by atoms with Crippen molar-refractivity contribution in [3.05, 3.63) is 152 Å². The van der Waals surface area contributed by atoms with E-state index >= 15 is 0 Å². The van der Waals surface area contributed by atoms with Gasteiger partial charge in [0.2, 0.25) is 5.95 Å². The molecule has 0 aliphatic heterocycles. The molecule has 6 aromatic carbocycles. The summed E-state index contributed by atoms with van der Waals surface area (Å²) in [5.41, 5.74) is 7.84. The number of aromatic nitrogens is 5. The molecule has 0 amide bonds. The molecule has 0 aliphatic rings. The van der Waals surface area contributed by atoms with Crippen LogP contribution in [0.2, 0.25) is 0 Å². The summed E-state index contributed by atoms with van der Waals surface area (Å²) >= 11 is 1.85. The van der Waals surface area contributed by atoms with Gasteiger partial charge < -0.3 is 0 Å². The monoisotopic (exact) mass is 655 g/mol. The molecule has 0 aliphatic carbocycles. The molecule has 0 N–H and O–H groups in total. The number of rotatable bonds is 3. The van der Waals surface area contributed by atoms with E-state index in [1.54, 1.807) is 0 Å². The van der Waals surface area contributed by atoms with Gasteiger partial charge in [0.25, 0.3) is 0 Å². The highest BCUT2D eigenvalue weighted by molar-refractivity contribution is 7.26. The van der Waals surface area contributed by atoms with Crippen molar-refractivity contribution < 1.29 is 0 Å². The summed E-state index contributed by atoms with van der Waals surface area (Å²) < 4.78 is 4.76. The molecular weight excluding hydrogens is 631 g/mol. The second-order valence-electron chi connectivity index (χ2n) is 12.7. The second-order valence-corrected chi connectivity index (χ2v) is 13.7. The number of hydrogen-bond acceptors (Lipinski definition) is 5. The van der Waals surface area contributed by atoms with Crippen LogP contribution in [0.1, 0.15) is 0 Å². The highest BCUT2D eigenvalue weighted by Crippen LogP contribution is 2.43. The minimum Gasteiger partial charge on any atom is -0.278 e.